The van der Waals surface area contributed by atoms with Crippen molar-refractivity contribution in [3.63, 3.8) is 0 Å². The number of nitrogens with two attached hydrogens (primary N) is 1. The Labute approximate surface area is 109 Å². The molecule has 2 rings (SSSR count). The lowest BCUT2D eigenvalue weighted by Crippen LogP contribution is -2.10. The summed E-state index contributed by atoms with van der Waals surface area (Å²) in [5, 5.41) is 3.38. The van der Waals surface area contributed by atoms with Crippen LogP contribution in [0.5, 0.6) is 0 Å². The minimum Gasteiger partial charge on any atom is -0.384 e. The van der Waals surface area contributed by atoms with Crippen molar-refractivity contribution >= 4 is 11.6 Å². The number of nitrogens with zero attached hydrogens (tertiary/aromatic N) is 2. The fourth-order valence-corrected chi connectivity index (χ4v) is 2.54. The van der Waals surface area contributed by atoms with E-state index in [0.29, 0.717) is 11.7 Å². The van der Waals surface area contributed by atoms with Gasteiger partial charge in [0.05, 0.1) is 0 Å². The van der Waals surface area contributed by atoms with E-state index < -0.39 is 0 Å². The van der Waals surface area contributed by atoms with Gasteiger partial charge in [-0.3, -0.25) is 0 Å². The number of rotatable bonds is 5. The van der Waals surface area contributed by atoms with Crippen LogP contribution in [0.1, 0.15) is 57.7 Å². The van der Waals surface area contributed by atoms with Crippen molar-refractivity contribution in [2.45, 2.75) is 51.9 Å². The van der Waals surface area contributed by atoms with Gasteiger partial charge in [0, 0.05) is 18.5 Å². The molecule has 100 valence electrons. The van der Waals surface area contributed by atoms with Crippen LogP contribution < -0.4 is 11.1 Å². The Morgan fingerprint density at radius 3 is 2.72 bits per heavy atom. The summed E-state index contributed by atoms with van der Waals surface area (Å²) in [7, 11) is 0. The molecule has 0 aromatic carbocycles. The molecule has 0 spiro atoms. The first-order valence-electron chi connectivity index (χ1n) is 7.03. The quantitative estimate of drug-likeness (QED) is 0.840. The normalized spacial score (nSPS) is 16.4. The molecular formula is C14H24N4. The summed E-state index contributed by atoms with van der Waals surface area (Å²) in [6, 6.07) is 1.82. The van der Waals surface area contributed by atoms with Gasteiger partial charge in [-0.15, -0.1) is 0 Å². The number of anilines is 2. The van der Waals surface area contributed by atoms with Crippen LogP contribution in [0.3, 0.4) is 0 Å². The van der Waals surface area contributed by atoms with Crippen LogP contribution in [0.2, 0.25) is 0 Å². The van der Waals surface area contributed by atoms with Crippen molar-refractivity contribution < 1.29 is 0 Å². The van der Waals surface area contributed by atoms with Crippen LogP contribution in [0.15, 0.2) is 6.07 Å². The minimum absolute atomic E-state index is 0.309. The number of nitrogen functional groups attached to an aromatic ring is 1. The summed E-state index contributed by atoms with van der Waals surface area (Å²) in [6.45, 7) is 5.15. The maximum atomic E-state index is 5.80. The van der Waals surface area contributed by atoms with Crippen LogP contribution in [-0.4, -0.2) is 16.5 Å². The highest BCUT2D eigenvalue weighted by atomic mass is 15.0. The van der Waals surface area contributed by atoms with Gasteiger partial charge in [-0.25, -0.2) is 9.97 Å². The van der Waals surface area contributed by atoms with E-state index in [9.17, 15) is 0 Å². The van der Waals surface area contributed by atoms with Crippen molar-refractivity contribution in [2.24, 2.45) is 5.92 Å². The lowest BCUT2D eigenvalue weighted by atomic mass is 10.0. The smallest absolute Gasteiger partial charge is 0.135 e. The van der Waals surface area contributed by atoms with Crippen molar-refractivity contribution in [1.29, 1.82) is 0 Å². The van der Waals surface area contributed by atoms with E-state index in [-0.39, 0.29) is 0 Å². The summed E-state index contributed by atoms with van der Waals surface area (Å²) in [5.41, 5.74) is 5.80. The predicted molar refractivity (Wildman–Crippen MR) is 75.6 cm³/mol. The summed E-state index contributed by atoms with van der Waals surface area (Å²) in [6.07, 6.45) is 6.84. The van der Waals surface area contributed by atoms with Crippen LogP contribution in [0.25, 0.3) is 0 Å². The van der Waals surface area contributed by atoms with E-state index >= 15 is 0 Å². The fourth-order valence-electron chi connectivity index (χ4n) is 2.54. The lowest BCUT2D eigenvalue weighted by molar-refractivity contribution is 0.518. The molecule has 18 heavy (non-hydrogen) atoms. The first-order valence-corrected chi connectivity index (χ1v) is 7.03. The van der Waals surface area contributed by atoms with Gasteiger partial charge in [-0.2, -0.15) is 0 Å². The fraction of sp³-hybridized carbons (Fsp3) is 0.714. The minimum atomic E-state index is 0.309. The van der Waals surface area contributed by atoms with Crippen molar-refractivity contribution in [1.82, 2.24) is 9.97 Å². The predicted octanol–water partition coefficient (Wildman–Crippen LogP) is 3.17. The van der Waals surface area contributed by atoms with Crippen LogP contribution in [0.4, 0.5) is 11.6 Å². The Balaban J connectivity index is 1.88. The zero-order valence-electron chi connectivity index (χ0n) is 11.4. The van der Waals surface area contributed by atoms with Gasteiger partial charge in [-0.1, -0.05) is 39.5 Å². The van der Waals surface area contributed by atoms with Gasteiger partial charge in [0.1, 0.15) is 17.5 Å². The Hall–Kier alpha value is -1.32. The van der Waals surface area contributed by atoms with E-state index in [2.05, 4.69) is 29.1 Å². The Bertz CT molecular complexity index is 383. The molecule has 0 aliphatic heterocycles. The highest BCUT2D eigenvalue weighted by Crippen LogP contribution is 2.27. The average molecular weight is 248 g/mol. The third-order valence-electron chi connectivity index (χ3n) is 3.61. The van der Waals surface area contributed by atoms with Crippen LogP contribution in [0, 0.1) is 5.92 Å². The van der Waals surface area contributed by atoms with E-state index in [1.165, 1.54) is 32.1 Å². The second kappa shape index (κ2) is 6.03. The molecule has 1 aromatic heterocycles. The second-order valence-corrected chi connectivity index (χ2v) is 5.56. The molecule has 1 heterocycles. The molecule has 4 nitrogen and oxygen atoms in total. The Morgan fingerprint density at radius 1 is 1.33 bits per heavy atom. The van der Waals surface area contributed by atoms with Gasteiger partial charge in [0.25, 0.3) is 0 Å². The molecule has 0 saturated heterocycles. The van der Waals surface area contributed by atoms with Gasteiger partial charge in [0.2, 0.25) is 0 Å². The molecule has 0 unspecified atom stereocenters. The van der Waals surface area contributed by atoms with Crippen LogP contribution >= 0.6 is 0 Å². The molecule has 0 amide bonds. The standard InChI is InChI=1S/C14H24N4/c1-10(2)14-17-12(15)9-13(18-14)16-8-7-11-5-3-4-6-11/h9-11H,3-8H2,1-2H3,(H3,15,16,17,18). The van der Waals surface area contributed by atoms with Gasteiger partial charge >= 0.3 is 0 Å². The first-order chi connectivity index (χ1) is 8.65. The highest BCUT2D eigenvalue weighted by Gasteiger charge is 2.14. The number of aromatic nitrogens is 2. The van der Waals surface area contributed by atoms with Gasteiger partial charge < -0.3 is 11.1 Å². The van der Waals surface area contributed by atoms with E-state index in [4.69, 9.17) is 5.73 Å². The van der Waals surface area contributed by atoms with Gasteiger partial charge in [-0.05, 0) is 12.3 Å². The summed E-state index contributed by atoms with van der Waals surface area (Å²) < 4.78 is 0. The topological polar surface area (TPSA) is 63.8 Å². The van der Waals surface area contributed by atoms with Crippen LogP contribution in [-0.2, 0) is 0 Å². The maximum Gasteiger partial charge on any atom is 0.135 e. The average Bonchev–Trinajstić information content (AvgIpc) is 2.81. The molecule has 3 N–H and O–H groups in total. The first kappa shape index (κ1) is 13.1. The highest BCUT2D eigenvalue weighted by molar-refractivity contribution is 5.44. The zero-order chi connectivity index (χ0) is 13.0. The molecule has 1 aliphatic rings. The van der Waals surface area contributed by atoms with Gasteiger partial charge in [0.15, 0.2) is 0 Å². The largest absolute Gasteiger partial charge is 0.384 e. The molecule has 1 fully saturated rings. The molecule has 1 aromatic rings. The molecule has 0 bridgehead atoms. The number of nitrogens with one attached hydrogen (secondary N) is 1. The SMILES string of the molecule is CC(C)c1nc(N)cc(NCCC2CCCC2)n1. The number of hydrogen-bond donors (Lipinski definition) is 2. The van der Waals surface area contributed by atoms with E-state index in [1.54, 1.807) is 0 Å². The summed E-state index contributed by atoms with van der Waals surface area (Å²) in [4.78, 5) is 8.74. The summed E-state index contributed by atoms with van der Waals surface area (Å²) in [5.74, 6) is 3.45. The third-order valence-corrected chi connectivity index (χ3v) is 3.61. The van der Waals surface area contributed by atoms with Crippen molar-refractivity contribution in [2.75, 3.05) is 17.6 Å². The molecule has 0 radical (unpaired) electrons. The Morgan fingerprint density at radius 2 is 2.06 bits per heavy atom. The third kappa shape index (κ3) is 3.59. The zero-order valence-corrected chi connectivity index (χ0v) is 11.4. The van der Waals surface area contributed by atoms with Crippen molar-refractivity contribution in [3.05, 3.63) is 11.9 Å². The maximum absolute atomic E-state index is 5.80. The summed E-state index contributed by atoms with van der Waals surface area (Å²) >= 11 is 0. The molecular weight excluding hydrogens is 224 g/mol. The lowest BCUT2D eigenvalue weighted by Gasteiger charge is -2.12. The molecule has 4 heteroatoms. The second-order valence-electron chi connectivity index (χ2n) is 5.56. The molecule has 1 saturated carbocycles. The monoisotopic (exact) mass is 248 g/mol. The number of hydrogen-bond acceptors (Lipinski definition) is 4. The Kier molecular flexibility index (Phi) is 4.39. The molecule has 1 aliphatic carbocycles. The molecule has 0 atom stereocenters. The van der Waals surface area contributed by atoms with Crippen molar-refractivity contribution in [3.8, 4) is 0 Å². The van der Waals surface area contributed by atoms with E-state index in [0.717, 1.165) is 24.1 Å². The van der Waals surface area contributed by atoms with E-state index in [1.807, 2.05) is 6.07 Å².